The van der Waals surface area contributed by atoms with Crippen LogP contribution in [0.5, 0.6) is 0 Å². The quantitative estimate of drug-likeness (QED) is 0.381. The van der Waals surface area contributed by atoms with Crippen LogP contribution in [-0.2, 0) is 11.0 Å². The van der Waals surface area contributed by atoms with Crippen molar-refractivity contribution in [3.63, 3.8) is 0 Å². The largest absolute Gasteiger partial charge is 0.416 e. The highest BCUT2D eigenvalue weighted by Gasteiger charge is 2.31. The first-order valence-electron chi connectivity index (χ1n) is 11.6. The summed E-state index contributed by atoms with van der Waals surface area (Å²) >= 11 is 0. The third kappa shape index (κ3) is 5.81. The van der Waals surface area contributed by atoms with Crippen LogP contribution in [0.15, 0.2) is 42.5 Å². The van der Waals surface area contributed by atoms with Gasteiger partial charge in [-0.2, -0.15) is 13.2 Å². The van der Waals surface area contributed by atoms with E-state index in [0.29, 0.717) is 23.7 Å². The summed E-state index contributed by atoms with van der Waals surface area (Å²) in [5.41, 5.74) is 0.826. The molecule has 6 nitrogen and oxygen atoms in total. The summed E-state index contributed by atoms with van der Waals surface area (Å²) in [6, 6.07) is 7.99. The predicted molar refractivity (Wildman–Crippen MR) is 132 cm³/mol. The predicted octanol–water partition coefficient (Wildman–Crippen LogP) is 5.28. The number of rotatable bonds is 5. The van der Waals surface area contributed by atoms with Crippen LogP contribution >= 0.6 is 0 Å². The van der Waals surface area contributed by atoms with Crippen molar-refractivity contribution in [3.8, 4) is 0 Å². The Morgan fingerprint density at radius 2 is 1.83 bits per heavy atom. The molecule has 0 atom stereocenters. The molecule has 0 saturated carbocycles. The lowest BCUT2D eigenvalue weighted by Crippen LogP contribution is -2.42. The smallest absolute Gasteiger partial charge is 0.341 e. The molecule has 1 aromatic heterocycles. The number of anilines is 2. The van der Waals surface area contributed by atoms with E-state index in [0.717, 1.165) is 66.8 Å². The number of hydrogen-bond acceptors (Lipinski definition) is 5. The van der Waals surface area contributed by atoms with E-state index < -0.39 is 23.5 Å². The minimum atomic E-state index is -4.64. The Balaban J connectivity index is 1.45. The van der Waals surface area contributed by atoms with Crippen molar-refractivity contribution in [2.24, 2.45) is 0 Å². The van der Waals surface area contributed by atoms with Crippen molar-refractivity contribution in [2.45, 2.75) is 32.0 Å². The fourth-order valence-electron chi connectivity index (χ4n) is 4.26. The first-order chi connectivity index (χ1) is 17.0. The molecule has 0 spiro atoms. The Hall–Kier alpha value is -3.53. The van der Waals surface area contributed by atoms with Crippen LogP contribution in [0, 0.1) is 12.7 Å². The molecule has 0 bridgehead atoms. The van der Waals surface area contributed by atoms with Gasteiger partial charge in [0.05, 0.1) is 16.8 Å². The number of benzene rings is 2. The number of nitrogens with one attached hydrogen (secondary N) is 1. The number of carbonyl (C=O) groups is 1. The van der Waals surface area contributed by atoms with E-state index in [9.17, 15) is 22.4 Å². The minimum Gasteiger partial charge on any atom is -0.341 e. The third-order valence-corrected chi connectivity index (χ3v) is 6.36. The maximum Gasteiger partial charge on any atom is 0.416 e. The number of nitrogens with zero attached hydrogens (tertiary/aromatic N) is 4. The van der Waals surface area contributed by atoms with Gasteiger partial charge in [-0.15, -0.1) is 0 Å². The van der Waals surface area contributed by atoms with Crippen LogP contribution in [0.2, 0.25) is 0 Å². The Labute approximate surface area is 206 Å². The standard InChI is InChI=1S/C26H27F4N5O/c1-16-21-15-19(32-24(36)9-5-17-4-6-18(14-22(17)27)26(28,29)30)7-8-23(21)33-25(31-16)35-12-10-20(11-13-35)34(2)3/h4-9,14-15,20H,10-13H2,1-3H3,(H,32,36). The number of aromatic nitrogens is 2. The van der Waals surface area contributed by atoms with Crippen molar-refractivity contribution >= 4 is 34.5 Å². The summed E-state index contributed by atoms with van der Waals surface area (Å²) < 4.78 is 52.1. The van der Waals surface area contributed by atoms with Crippen LogP contribution in [0.4, 0.5) is 29.2 Å². The van der Waals surface area contributed by atoms with Crippen LogP contribution < -0.4 is 10.2 Å². The number of hydrogen-bond donors (Lipinski definition) is 1. The summed E-state index contributed by atoms with van der Waals surface area (Å²) in [5, 5.41) is 3.47. The lowest BCUT2D eigenvalue weighted by atomic mass is 10.0. The molecule has 0 unspecified atom stereocenters. The van der Waals surface area contributed by atoms with Gasteiger partial charge in [0.1, 0.15) is 5.82 Å². The van der Waals surface area contributed by atoms with E-state index in [1.165, 1.54) is 0 Å². The zero-order valence-electron chi connectivity index (χ0n) is 20.2. The number of halogens is 4. The fraction of sp³-hybridized carbons (Fsp3) is 0.346. The van der Waals surface area contributed by atoms with Crippen molar-refractivity contribution in [1.29, 1.82) is 0 Å². The Bertz CT molecular complexity index is 1300. The van der Waals surface area contributed by atoms with E-state index in [1.807, 2.05) is 6.92 Å². The number of aryl methyl sites for hydroxylation is 1. The lowest BCUT2D eigenvalue weighted by molar-refractivity contribution is -0.137. The second-order valence-corrected chi connectivity index (χ2v) is 9.08. The van der Waals surface area contributed by atoms with Gasteiger partial charge in [-0.1, -0.05) is 6.07 Å². The number of carbonyl (C=O) groups excluding carboxylic acids is 1. The molecule has 1 fully saturated rings. The number of alkyl halides is 3. The van der Waals surface area contributed by atoms with Gasteiger partial charge < -0.3 is 15.1 Å². The molecular weight excluding hydrogens is 474 g/mol. The lowest BCUT2D eigenvalue weighted by Gasteiger charge is -2.35. The highest BCUT2D eigenvalue weighted by molar-refractivity contribution is 6.03. The van der Waals surface area contributed by atoms with Gasteiger partial charge in [0.2, 0.25) is 11.9 Å². The molecule has 1 aliphatic rings. The van der Waals surface area contributed by atoms with E-state index in [4.69, 9.17) is 4.98 Å². The Morgan fingerprint density at radius 3 is 2.47 bits per heavy atom. The second-order valence-electron chi connectivity index (χ2n) is 9.08. The first-order valence-corrected chi connectivity index (χ1v) is 11.6. The van der Waals surface area contributed by atoms with Gasteiger partial charge >= 0.3 is 6.18 Å². The molecule has 1 N–H and O–H groups in total. The van der Waals surface area contributed by atoms with Gasteiger partial charge in [-0.05, 0) is 70.3 Å². The molecule has 10 heteroatoms. The second kappa shape index (κ2) is 10.2. The van der Waals surface area contributed by atoms with Gasteiger partial charge in [0.15, 0.2) is 0 Å². The van der Waals surface area contributed by atoms with Crippen LogP contribution in [0.3, 0.4) is 0 Å². The van der Waals surface area contributed by atoms with E-state index >= 15 is 0 Å². The average molecular weight is 502 g/mol. The Kier molecular flexibility index (Phi) is 7.26. The highest BCUT2D eigenvalue weighted by atomic mass is 19.4. The van der Waals surface area contributed by atoms with Crippen molar-refractivity contribution in [2.75, 3.05) is 37.4 Å². The van der Waals surface area contributed by atoms with Crippen molar-refractivity contribution in [1.82, 2.24) is 14.9 Å². The van der Waals surface area contributed by atoms with Crippen molar-refractivity contribution < 1.29 is 22.4 Å². The molecule has 3 aromatic rings. The Morgan fingerprint density at radius 1 is 1.11 bits per heavy atom. The normalized spacial score (nSPS) is 15.3. The molecular formula is C26H27F4N5O. The van der Waals surface area contributed by atoms with Gasteiger partial charge in [0, 0.05) is 41.8 Å². The highest BCUT2D eigenvalue weighted by Crippen LogP contribution is 2.30. The minimum absolute atomic E-state index is 0.122. The van der Waals surface area contributed by atoms with Crippen molar-refractivity contribution in [3.05, 3.63) is 65.1 Å². The number of amides is 1. The summed E-state index contributed by atoms with van der Waals surface area (Å²) in [7, 11) is 4.19. The molecule has 36 heavy (non-hydrogen) atoms. The summed E-state index contributed by atoms with van der Waals surface area (Å²) in [5.74, 6) is -0.919. The van der Waals surface area contributed by atoms with Crippen LogP contribution in [0.1, 0.15) is 29.7 Å². The van der Waals surface area contributed by atoms with Gasteiger partial charge in [-0.3, -0.25) is 4.79 Å². The topological polar surface area (TPSA) is 61.4 Å². The molecule has 0 aliphatic carbocycles. The molecule has 190 valence electrons. The monoisotopic (exact) mass is 501 g/mol. The fourth-order valence-corrected chi connectivity index (χ4v) is 4.26. The average Bonchev–Trinajstić information content (AvgIpc) is 2.83. The molecule has 1 aliphatic heterocycles. The summed E-state index contributed by atoms with van der Waals surface area (Å²) in [4.78, 5) is 26.2. The van der Waals surface area contributed by atoms with E-state index in [1.54, 1.807) is 18.2 Å². The van der Waals surface area contributed by atoms with E-state index in [2.05, 4.69) is 34.2 Å². The maximum absolute atomic E-state index is 14.0. The SMILES string of the molecule is Cc1nc(N2CCC(N(C)C)CC2)nc2ccc(NC(=O)C=Cc3ccc(C(F)(F)F)cc3F)cc12. The molecule has 2 heterocycles. The van der Waals surface area contributed by atoms with Gasteiger partial charge in [-0.25, -0.2) is 14.4 Å². The maximum atomic E-state index is 14.0. The summed E-state index contributed by atoms with van der Waals surface area (Å²) in [6.45, 7) is 3.65. The van der Waals surface area contributed by atoms with E-state index in [-0.39, 0.29) is 5.56 Å². The number of fused-ring (bicyclic) bond motifs is 1. The molecule has 1 amide bonds. The van der Waals surface area contributed by atoms with Gasteiger partial charge in [0.25, 0.3) is 0 Å². The summed E-state index contributed by atoms with van der Waals surface area (Å²) in [6.07, 6.45) is -0.349. The molecule has 2 aromatic carbocycles. The molecule has 4 rings (SSSR count). The molecule has 0 radical (unpaired) electrons. The van der Waals surface area contributed by atoms with Crippen LogP contribution in [-0.4, -0.2) is 54.0 Å². The zero-order valence-corrected chi connectivity index (χ0v) is 20.2. The zero-order chi connectivity index (χ0) is 26.0. The third-order valence-electron chi connectivity index (χ3n) is 6.36. The molecule has 1 saturated heterocycles. The number of piperidine rings is 1. The van der Waals surface area contributed by atoms with Crippen LogP contribution in [0.25, 0.3) is 17.0 Å². The first kappa shape index (κ1) is 25.6.